The van der Waals surface area contributed by atoms with Gasteiger partial charge < -0.3 is 4.74 Å². The molecule has 70 valence electrons. The summed E-state index contributed by atoms with van der Waals surface area (Å²) in [4.78, 5) is 0. The molecule has 0 N–H and O–H groups in total. The maximum atomic E-state index is 5.42. The van der Waals surface area contributed by atoms with Crippen molar-refractivity contribution in [1.29, 1.82) is 0 Å². The minimum atomic E-state index is 0.519. The predicted molar refractivity (Wildman–Crippen MR) is 59.4 cm³/mol. The summed E-state index contributed by atoms with van der Waals surface area (Å²) in [6, 6.07) is 8.11. The molecular weight excluding hydrogens is 228 g/mol. The normalized spacial score (nSPS) is 9.69. The van der Waals surface area contributed by atoms with Gasteiger partial charge in [-0.25, -0.2) is 0 Å². The molecule has 0 spiro atoms. The van der Waals surface area contributed by atoms with Crippen LogP contribution in [-0.2, 0) is 6.42 Å². The summed E-state index contributed by atoms with van der Waals surface area (Å²) < 4.78 is 6.27. The molecule has 1 aromatic rings. The van der Waals surface area contributed by atoms with Crippen LogP contribution in [0.5, 0.6) is 5.75 Å². The molecule has 0 aliphatic rings. The van der Waals surface area contributed by atoms with E-state index in [4.69, 9.17) is 4.74 Å². The summed E-state index contributed by atoms with van der Waals surface area (Å²) in [6.45, 7) is 6.35. The maximum Gasteiger partial charge on any atom is 0.119 e. The Morgan fingerprint density at radius 2 is 2.00 bits per heavy atom. The first-order valence-corrected chi connectivity index (χ1v) is 5.06. The zero-order chi connectivity index (χ0) is 9.68. The highest BCUT2D eigenvalue weighted by molar-refractivity contribution is 9.11. The molecular formula is C11H13BrO. The molecule has 1 rings (SSSR count). The predicted octanol–water partition coefficient (Wildman–Crippen LogP) is 3.54. The van der Waals surface area contributed by atoms with Gasteiger partial charge in [-0.05, 0) is 24.1 Å². The van der Waals surface area contributed by atoms with Crippen molar-refractivity contribution in [2.75, 3.05) is 6.61 Å². The van der Waals surface area contributed by atoms with Gasteiger partial charge in [-0.15, -0.1) is 0 Å². The number of rotatable bonds is 4. The van der Waals surface area contributed by atoms with Gasteiger partial charge in [0.25, 0.3) is 0 Å². The van der Waals surface area contributed by atoms with Gasteiger partial charge in [-0.3, -0.25) is 0 Å². The molecule has 2 heteroatoms. The number of hydrogen-bond donors (Lipinski definition) is 0. The third-order valence-corrected chi connectivity index (χ3v) is 1.96. The molecule has 0 heterocycles. The average Bonchev–Trinajstić information content (AvgIpc) is 2.15. The third-order valence-electron chi connectivity index (χ3n) is 1.73. The lowest BCUT2D eigenvalue weighted by molar-refractivity contribution is 0.361. The van der Waals surface area contributed by atoms with Crippen molar-refractivity contribution in [3.05, 3.63) is 40.9 Å². The Morgan fingerprint density at radius 1 is 1.38 bits per heavy atom. The van der Waals surface area contributed by atoms with Crippen LogP contribution in [0.3, 0.4) is 0 Å². The average molecular weight is 241 g/mol. The lowest BCUT2D eigenvalue weighted by Crippen LogP contribution is -1.95. The number of benzene rings is 1. The zero-order valence-corrected chi connectivity index (χ0v) is 9.30. The van der Waals surface area contributed by atoms with Gasteiger partial charge in [0.2, 0.25) is 0 Å². The van der Waals surface area contributed by atoms with Crippen molar-refractivity contribution in [2.45, 2.75) is 13.3 Å². The standard InChI is InChI=1S/C11H13BrO/c1-3-10-4-6-11(7-5-10)13-8-9(2)12/h4-7H,2-3,8H2,1H3. The fourth-order valence-corrected chi connectivity index (χ4v) is 1.10. The molecule has 0 saturated carbocycles. The summed E-state index contributed by atoms with van der Waals surface area (Å²) >= 11 is 3.24. The maximum absolute atomic E-state index is 5.42. The SMILES string of the molecule is C=C(Br)COc1ccc(CC)cc1. The Kier molecular flexibility index (Phi) is 4.03. The molecule has 1 nitrogen and oxygen atoms in total. The molecule has 0 radical (unpaired) electrons. The molecule has 0 aromatic heterocycles. The topological polar surface area (TPSA) is 9.23 Å². The van der Waals surface area contributed by atoms with Crippen LogP contribution in [0.1, 0.15) is 12.5 Å². The van der Waals surface area contributed by atoms with Crippen molar-refractivity contribution in [3.63, 3.8) is 0 Å². The first kappa shape index (κ1) is 10.3. The van der Waals surface area contributed by atoms with Crippen LogP contribution in [-0.4, -0.2) is 6.61 Å². The third kappa shape index (κ3) is 3.64. The zero-order valence-electron chi connectivity index (χ0n) is 7.72. The molecule has 0 unspecified atom stereocenters. The van der Waals surface area contributed by atoms with E-state index in [2.05, 4.69) is 41.6 Å². The van der Waals surface area contributed by atoms with E-state index in [-0.39, 0.29) is 0 Å². The van der Waals surface area contributed by atoms with E-state index in [0.717, 1.165) is 16.7 Å². The second-order valence-electron chi connectivity index (χ2n) is 2.80. The molecule has 0 bridgehead atoms. The highest BCUT2D eigenvalue weighted by atomic mass is 79.9. The van der Waals surface area contributed by atoms with Crippen molar-refractivity contribution in [2.24, 2.45) is 0 Å². The Hall–Kier alpha value is -0.760. The Bertz CT molecular complexity index is 277. The highest BCUT2D eigenvalue weighted by Gasteiger charge is 1.94. The van der Waals surface area contributed by atoms with Gasteiger partial charge in [-0.2, -0.15) is 0 Å². The fourth-order valence-electron chi connectivity index (χ4n) is 0.983. The number of halogens is 1. The van der Waals surface area contributed by atoms with Gasteiger partial charge in [0.15, 0.2) is 0 Å². The Labute approximate surface area is 87.5 Å². The van der Waals surface area contributed by atoms with Crippen LogP contribution < -0.4 is 4.74 Å². The van der Waals surface area contributed by atoms with E-state index in [1.165, 1.54) is 5.56 Å². The van der Waals surface area contributed by atoms with Crippen LogP contribution in [0.4, 0.5) is 0 Å². The van der Waals surface area contributed by atoms with Crippen molar-refractivity contribution >= 4 is 15.9 Å². The molecule has 0 saturated heterocycles. The molecule has 0 atom stereocenters. The highest BCUT2D eigenvalue weighted by Crippen LogP contribution is 2.14. The van der Waals surface area contributed by atoms with Gasteiger partial charge in [0, 0.05) is 4.48 Å². The number of aryl methyl sites for hydroxylation is 1. The molecule has 13 heavy (non-hydrogen) atoms. The summed E-state index contributed by atoms with van der Waals surface area (Å²) in [7, 11) is 0. The van der Waals surface area contributed by atoms with Crippen molar-refractivity contribution < 1.29 is 4.74 Å². The van der Waals surface area contributed by atoms with Gasteiger partial charge in [-0.1, -0.05) is 41.6 Å². The van der Waals surface area contributed by atoms with E-state index in [9.17, 15) is 0 Å². The Balaban J connectivity index is 2.54. The van der Waals surface area contributed by atoms with E-state index < -0.39 is 0 Å². The number of hydrogen-bond acceptors (Lipinski definition) is 1. The van der Waals surface area contributed by atoms with Crippen LogP contribution in [0.15, 0.2) is 35.3 Å². The van der Waals surface area contributed by atoms with Gasteiger partial charge in [0.1, 0.15) is 12.4 Å². The fraction of sp³-hybridized carbons (Fsp3) is 0.273. The van der Waals surface area contributed by atoms with Crippen LogP contribution in [0.2, 0.25) is 0 Å². The molecule has 0 fully saturated rings. The molecule has 0 aliphatic heterocycles. The summed E-state index contributed by atoms with van der Waals surface area (Å²) in [6.07, 6.45) is 1.06. The van der Waals surface area contributed by atoms with Crippen LogP contribution >= 0.6 is 15.9 Å². The van der Waals surface area contributed by atoms with Gasteiger partial charge in [0.05, 0.1) is 0 Å². The Morgan fingerprint density at radius 3 is 2.46 bits per heavy atom. The van der Waals surface area contributed by atoms with E-state index in [0.29, 0.717) is 6.61 Å². The van der Waals surface area contributed by atoms with Gasteiger partial charge >= 0.3 is 0 Å². The van der Waals surface area contributed by atoms with E-state index in [1.807, 2.05) is 12.1 Å². The quantitative estimate of drug-likeness (QED) is 0.783. The number of ether oxygens (including phenoxy) is 1. The van der Waals surface area contributed by atoms with E-state index >= 15 is 0 Å². The summed E-state index contributed by atoms with van der Waals surface area (Å²) in [5.74, 6) is 0.887. The largest absolute Gasteiger partial charge is 0.488 e. The summed E-state index contributed by atoms with van der Waals surface area (Å²) in [5, 5.41) is 0. The summed E-state index contributed by atoms with van der Waals surface area (Å²) in [5.41, 5.74) is 1.32. The monoisotopic (exact) mass is 240 g/mol. The minimum Gasteiger partial charge on any atom is -0.488 e. The molecule has 1 aromatic carbocycles. The van der Waals surface area contributed by atoms with Crippen LogP contribution in [0, 0.1) is 0 Å². The molecule has 0 amide bonds. The smallest absolute Gasteiger partial charge is 0.119 e. The van der Waals surface area contributed by atoms with Crippen molar-refractivity contribution in [3.8, 4) is 5.75 Å². The lowest BCUT2D eigenvalue weighted by atomic mass is 10.2. The first-order chi connectivity index (χ1) is 6.22. The lowest BCUT2D eigenvalue weighted by Gasteiger charge is -2.05. The van der Waals surface area contributed by atoms with Crippen LogP contribution in [0.25, 0.3) is 0 Å². The second kappa shape index (κ2) is 5.07. The molecule has 0 aliphatic carbocycles. The second-order valence-corrected chi connectivity index (χ2v) is 3.92. The first-order valence-electron chi connectivity index (χ1n) is 4.27. The van der Waals surface area contributed by atoms with Crippen molar-refractivity contribution in [1.82, 2.24) is 0 Å². The minimum absolute atomic E-state index is 0.519. The van der Waals surface area contributed by atoms with E-state index in [1.54, 1.807) is 0 Å².